The number of aliphatic hydroxyl groups excluding tert-OH is 1. The third-order valence-electron chi connectivity index (χ3n) is 5.44. The molecule has 0 radical (unpaired) electrons. The lowest BCUT2D eigenvalue weighted by atomic mass is 9.95. The molecule has 1 fully saturated rings. The van der Waals surface area contributed by atoms with Gasteiger partial charge in [0, 0.05) is 5.56 Å². The molecule has 1 amide bonds. The van der Waals surface area contributed by atoms with Gasteiger partial charge >= 0.3 is 11.9 Å². The van der Waals surface area contributed by atoms with Gasteiger partial charge in [0.25, 0.3) is 5.78 Å². The molecule has 4 rings (SSSR count). The van der Waals surface area contributed by atoms with Gasteiger partial charge < -0.3 is 9.84 Å². The summed E-state index contributed by atoms with van der Waals surface area (Å²) in [6.07, 6.45) is 0. The highest BCUT2D eigenvalue weighted by Gasteiger charge is 2.48. The first kappa shape index (κ1) is 23.2. The van der Waals surface area contributed by atoms with Gasteiger partial charge in [-0.25, -0.2) is 18.6 Å². The van der Waals surface area contributed by atoms with Crippen molar-refractivity contribution >= 4 is 39.9 Å². The highest BCUT2D eigenvalue weighted by Crippen LogP contribution is 2.44. The Hall–Kier alpha value is -3.92. The van der Waals surface area contributed by atoms with E-state index < -0.39 is 41.1 Å². The number of halogens is 2. The van der Waals surface area contributed by atoms with Gasteiger partial charge in [0.1, 0.15) is 22.3 Å². The second-order valence-corrected chi connectivity index (χ2v) is 8.56. The van der Waals surface area contributed by atoms with Crippen molar-refractivity contribution in [1.82, 2.24) is 4.98 Å². The number of aliphatic hydroxyl groups is 1. The highest BCUT2D eigenvalue weighted by atomic mass is 32.1. The average molecular weight is 484 g/mol. The van der Waals surface area contributed by atoms with E-state index in [0.717, 1.165) is 34.4 Å². The summed E-state index contributed by atoms with van der Waals surface area (Å²) in [5.41, 5.74) is 0.612. The first-order valence-corrected chi connectivity index (χ1v) is 10.8. The Kier molecular flexibility index (Phi) is 6.01. The summed E-state index contributed by atoms with van der Waals surface area (Å²) in [5.74, 6) is -4.43. The number of nitrogens with zero attached hydrogens (tertiary/aromatic N) is 2. The third kappa shape index (κ3) is 3.86. The number of benzene rings is 2. The number of hydrogen-bond donors (Lipinski definition) is 1. The van der Waals surface area contributed by atoms with Crippen LogP contribution in [-0.2, 0) is 14.3 Å². The van der Waals surface area contributed by atoms with Crippen molar-refractivity contribution in [2.24, 2.45) is 0 Å². The van der Waals surface area contributed by atoms with Crippen LogP contribution in [0, 0.1) is 25.5 Å². The standard InChI is InChI=1S/C24H18F2N2O5S/c1-11-4-5-14(10-16(11)26)19(29)17-18(13-6-8-15(25)9-7-13)28(22(31)20(17)30)24-27-12(2)21(34-24)23(32)33-3/h4-10,18,29H,1-3H3/t18-/m1/s1. The van der Waals surface area contributed by atoms with Crippen LogP contribution in [0.3, 0.4) is 0 Å². The largest absolute Gasteiger partial charge is 0.507 e. The van der Waals surface area contributed by atoms with E-state index in [-0.39, 0.29) is 26.8 Å². The summed E-state index contributed by atoms with van der Waals surface area (Å²) in [6.45, 7) is 3.09. The molecule has 7 nitrogen and oxygen atoms in total. The number of carbonyl (C=O) groups is 3. The molecule has 3 aromatic rings. The summed E-state index contributed by atoms with van der Waals surface area (Å²) in [7, 11) is 1.20. The predicted molar refractivity (Wildman–Crippen MR) is 121 cm³/mol. The molecule has 1 aliphatic rings. The van der Waals surface area contributed by atoms with Gasteiger partial charge in [-0.15, -0.1) is 0 Å². The topological polar surface area (TPSA) is 96.8 Å². The number of aryl methyl sites for hydroxylation is 2. The molecule has 0 bridgehead atoms. The summed E-state index contributed by atoms with van der Waals surface area (Å²) in [5, 5.41) is 11.0. The molecule has 174 valence electrons. The zero-order valence-electron chi connectivity index (χ0n) is 18.3. The fraction of sp³-hybridized carbons (Fsp3) is 0.167. The van der Waals surface area contributed by atoms with E-state index >= 15 is 0 Å². The number of thiazole rings is 1. The summed E-state index contributed by atoms with van der Waals surface area (Å²) < 4.78 is 32.5. The molecular formula is C24H18F2N2O5S. The molecule has 2 aromatic carbocycles. The van der Waals surface area contributed by atoms with E-state index in [4.69, 9.17) is 4.74 Å². The Labute approximate surface area is 196 Å². The Balaban J connectivity index is 1.94. The second kappa shape index (κ2) is 8.79. The molecule has 1 saturated heterocycles. The fourth-order valence-electron chi connectivity index (χ4n) is 3.65. The van der Waals surface area contributed by atoms with Crippen LogP contribution >= 0.6 is 11.3 Å². The van der Waals surface area contributed by atoms with Gasteiger partial charge in [-0.3, -0.25) is 14.5 Å². The third-order valence-corrected chi connectivity index (χ3v) is 6.57. The maximum Gasteiger partial charge on any atom is 0.350 e. The van der Waals surface area contributed by atoms with Crippen molar-refractivity contribution in [2.45, 2.75) is 19.9 Å². The van der Waals surface area contributed by atoms with Gasteiger partial charge in [-0.05, 0) is 43.2 Å². The van der Waals surface area contributed by atoms with Crippen LogP contribution in [0.1, 0.15) is 38.1 Å². The molecule has 1 aliphatic heterocycles. The van der Waals surface area contributed by atoms with Crippen molar-refractivity contribution < 1.29 is 33.0 Å². The Morgan fingerprint density at radius 1 is 1.12 bits per heavy atom. The number of aromatic nitrogens is 1. The van der Waals surface area contributed by atoms with E-state index in [2.05, 4.69) is 4.98 Å². The van der Waals surface area contributed by atoms with Gasteiger partial charge in [0.05, 0.1) is 24.4 Å². The maximum atomic E-state index is 14.2. The quantitative estimate of drug-likeness (QED) is 0.254. The first-order valence-electron chi connectivity index (χ1n) is 10.0. The number of esters is 1. The van der Waals surface area contributed by atoms with Crippen LogP contribution < -0.4 is 4.90 Å². The van der Waals surface area contributed by atoms with Crippen LogP contribution in [0.25, 0.3) is 5.76 Å². The SMILES string of the molecule is COC(=O)c1sc(N2C(=O)C(=O)C(=C(O)c3ccc(C)c(F)c3)[C@H]2c2ccc(F)cc2)nc1C. The lowest BCUT2D eigenvalue weighted by Gasteiger charge is -2.23. The van der Waals surface area contributed by atoms with Crippen LogP contribution in [0.4, 0.5) is 13.9 Å². The second-order valence-electron chi connectivity index (χ2n) is 7.59. The monoisotopic (exact) mass is 484 g/mol. The molecule has 0 unspecified atom stereocenters. The van der Waals surface area contributed by atoms with Gasteiger partial charge in [0.2, 0.25) is 0 Å². The molecule has 0 spiro atoms. The molecular weight excluding hydrogens is 466 g/mol. The summed E-state index contributed by atoms with van der Waals surface area (Å²) in [4.78, 5) is 43.7. The Bertz CT molecular complexity index is 1360. The lowest BCUT2D eigenvalue weighted by molar-refractivity contribution is -0.132. The smallest absolute Gasteiger partial charge is 0.350 e. The summed E-state index contributed by atoms with van der Waals surface area (Å²) in [6, 6.07) is 7.74. The van der Waals surface area contributed by atoms with Crippen LogP contribution in [0.15, 0.2) is 48.0 Å². The molecule has 1 aromatic heterocycles. The average Bonchev–Trinajstić information content (AvgIpc) is 3.32. The number of methoxy groups -OCH3 is 1. The number of Topliss-reactive ketones (excluding diaryl/α,β-unsaturated/α-hetero) is 1. The van der Waals surface area contributed by atoms with E-state index in [1.54, 1.807) is 13.8 Å². The van der Waals surface area contributed by atoms with E-state index in [9.17, 15) is 28.3 Å². The molecule has 0 aliphatic carbocycles. The van der Waals surface area contributed by atoms with E-state index in [0.29, 0.717) is 11.1 Å². The first-order chi connectivity index (χ1) is 16.1. The number of amides is 1. The molecule has 34 heavy (non-hydrogen) atoms. The zero-order valence-corrected chi connectivity index (χ0v) is 19.1. The highest BCUT2D eigenvalue weighted by molar-refractivity contribution is 7.17. The van der Waals surface area contributed by atoms with E-state index in [1.807, 2.05) is 0 Å². The molecule has 1 N–H and O–H groups in total. The Morgan fingerprint density at radius 2 is 1.79 bits per heavy atom. The van der Waals surface area contributed by atoms with Crippen molar-refractivity contribution in [3.05, 3.63) is 86.9 Å². The maximum absolute atomic E-state index is 14.2. The van der Waals surface area contributed by atoms with Gasteiger partial charge in [0.15, 0.2) is 5.13 Å². The van der Waals surface area contributed by atoms with E-state index in [1.165, 1.54) is 31.4 Å². The normalized spacial score (nSPS) is 17.3. The number of rotatable bonds is 4. The summed E-state index contributed by atoms with van der Waals surface area (Å²) >= 11 is 0.840. The van der Waals surface area contributed by atoms with Crippen LogP contribution in [-0.4, -0.2) is 34.9 Å². The number of hydrogen-bond acceptors (Lipinski definition) is 7. The molecule has 1 atom stereocenters. The number of carbonyl (C=O) groups excluding carboxylic acids is 3. The molecule has 2 heterocycles. The predicted octanol–water partition coefficient (Wildman–Crippen LogP) is 4.45. The van der Waals surface area contributed by atoms with Crippen molar-refractivity contribution in [2.75, 3.05) is 12.0 Å². The van der Waals surface area contributed by atoms with Crippen molar-refractivity contribution in [1.29, 1.82) is 0 Å². The number of anilines is 1. The van der Waals surface area contributed by atoms with Crippen LogP contribution in [0.2, 0.25) is 0 Å². The van der Waals surface area contributed by atoms with Crippen LogP contribution in [0.5, 0.6) is 0 Å². The fourth-order valence-corrected chi connectivity index (χ4v) is 4.67. The lowest BCUT2D eigenvalue weighted by Crippen LogP contribution is -2.29. The minimum Gasteiger partial charge on any atom is -0.507 e. The molecule has 10 heteroatoms. The minimum atomic E-state index is -1.19. The zero-order chi connectivity index (χ0) is 24.7. The van der Waals surface area contributed by atoms with Crippen molar-refractivity contribution in [3.8, 4) is 0 Å². The van der Waals surface area contributed by atoms with Gasteiger partial charge in [-0.2, -0.15) is 0 Å². The number of ether oxygens (including phenoxy) is 1. The Morgan fingerprint density at radius 3 is 2.41 bits per heavy atom. The number of ketones is 1. The minimum absolute atomic E-state index is 0.00113. The molecule has 0 saturated carbocycles. The van der Waals surface area contributed by atoms with Crippen molar-refractivity contribution in [3.63, 3.8) is 0 Å². The van der Waals surface area contributed by atoms with Gasteiger partial charge in [-0.1, -0.05) is 35.6 Å².